The van der Waals surface area contributed by atoms with Gasteiger partial charge in [0.2, 0.25) is 0 Å². The van der Waals surface area contributed by atoms with Gasteiger partial charge in [-0.3, -0.25) is 14.6 Å². The van der Waals surface area contributed by atoms with Crippen molar-refractivity contribution >= 4 is 40.7 Å². The van der Waals surface area contributed by atoms with Crippen LogP contribution in [0.3, 0.4) is 0 Å². The first-order valence-corrected chi connectivity index (χ1v) is 12.4. The van der Waals surface area contributed by atoms with E-state index >= 15 is 0 Å². The minimum atomic E-state index is -0.861. The van der Waals surface area contributed by atoms with Crippen LogP contribution < -0.4 is 4.74 Å². The molecule has 8 heteroatoms. The Morgan fingerprint density at radius 1 is 1.11 bits per heavy atom. The Labute approximate surface area is 220 Å². The van der Waals surface area contributed by atoms with Gasteiger partial charge in [-0.25, -0.2) is 0 Å². The van der Waals surface area contributed by atoms with Crippen molar-refractivity contribution in [1.82, 2.24) is 9.88 Å². The maximum absolute atomic E-state index is 13.3. The van der Waals surface area contributed by atoms with Gasteiger partial charge in [-0.15, -0.1) is 0 Å². The van der Waals surface area contributed by atoms with Crippen molar-refractivity contribution < 1.29 is 19.4 Å². The van der Waals surface area contributed by atoms with Gasteiger partial charge in [-0.05, 0) is 66.4 Å². The summed E-state index contributed by atoms with van der Waals surface area (Å²) in [6.07, 6.45) is 5.22. The predicted octanol–water partition coefficient (Wildman–Crippen LogP) is 6.50. The van der Waals surface area contributed by atoms with Crippen LogP contribution in [0.4, 0.5) is 0 Å². The Kier molecular flexibility index (Phi) is 7.97. The fourth-order valence-corrected chi connectivity index (χ4v) is 4.54. The average molecular weight is 525 g/mol. The summed E-state index contributed by atoms with van der Waals surface area (Å²) in [5.74, 6) is -1.06. The molecule has 0 aliphatic carbocycles. The monoisotopic (exact) mass is 524 g/mol. The predicted molar refractivity (Wildman–Crippen MR) is 140 cm³/mol. The second-order valence-electron chi connectivity index (χ2n) is 8.64. The van der Waals surface area contributed by atoms with Crippen LogP contribution in [0.5, 0.6) is 5.75 Å². The number of aryl methyl sites for hydroxylation is 1. The van der Waals surface area contributed by atoms with Crippen LogP contribution in [0, 0.1) is 6.92 Å². The summed E-state index contributed by atoms with van der Waals surface area (Å²) in [6.45, 7) is 4.63. The number of Topliss-reactive ketones (excluding diaryl/α,β-unsaturated/α-hetero) is 1. The molecule has 186 valence electrons. The van der Waals surface area contributed by atoms with Gasteiger partial charge in [0.05, 0.1) is 28.3 Å². The molecule has 2 aromatic carbocycles. The molecule has 4 rings (SSSR count). The highest BCUT2D eigenvalue weighted by Gasteiger charge is 2.46. The lowest BCUT2D eigenvalue weighted by molar-refractivity contribution is -0.140. The molecule has 2 heterocycles. The normalized spacial score (nSPS) is 17.0. The van der Waals surface area contributed by atoms with Crippen molar-refractivity contribution in [3.05, 3.63) is 98.8 Å². The molecule has 0 bridgehead atoms. The van der Waals surface area contributed by atoms with Gasteiger partial charge >= 0.3 is 0 Å². The maximum atomic E-state index is 13.3. The Hall–Kier alpha value is -3.35. The van der Waals surface area contributed by atoms with Gasteiger partial charge in [-0.2, -0.15) is 0 Å². The van der Waals surface area contributed by atoms with Crippen LogP contribution in [-0.4, -0.2) is 33.3 Å². The first kappa shape index (κ1) is 25.7. The molecule has 36 heavy (non-hydrogen) atoms. The average Bonchev–Trinajstić information content (AvgIpc) is 3.11. The van der Waals surface area contributed by atoms with Crippen molar-refractivity contribution in [2.45, 2.75) is 39.3 Å². The second kappa shape index (κ2) is 11.1. The highest BCUT2D eigenvalue weighted by Crippen LogP contribution is 2.42. The molecule has 1 aromatic heterocycles. The van der Waals surface area contributed by atoms with Crippen LogP contribution in [0.25, 0.3) is 5.76 Å². The van der Waals surface area contributed by atoms with Crippen molar-refractivity contribution in [2.75, 3.05) is 6.61 Å². The number of aromatic nitrogens is 1. The van der Waals surface area contributed by atoms with E-state index < -0.39 is 17.7 Å². The summed E-state index contributed by atoms with van der Waals surface area (Å²) in [7, 11) is 0. The van der Waals surface area contributed by atoms with Gasteiger partial charge in [0.1, 0.15) is 11.5 Å². The van der Waals surface area contributed by atoms with Gasteiger partial charge in [0, 0.05) is 24.5 Å². The Morgan fingerprint density at radius 3 is 2.58 bits per heavy atom. The number of carbonyl (C=O) groups excluding carboxylic acids is 2. The number of halogens is 2. The topological polar surface area (TPSA) is 79.7 Å². The van der Waals surface area contributed by atoms with E-state index in [0.717, 1.165) is 18.4 Å². The molecule has 0 spiro atoms. The first-order chi connectivity index (χ1) is 17.3. The molecule has 1 saturated heterocycles. The molecule has 1 fully saturated rings. The molecular formula is C28H26Cl2N2O4. The van der Waals surface area contributed by atoms with E-state index in [2.05, 4.69) is 11.9 Å². The third-order valence-corrected chi connectivity index (χ3v) is 6.83. The number of amides is 1. The quantitative estimate of drug-likeness (QED) is 0.157. The third kappa shape index (κ3) is 5.25. The Balaban J connectivity index is 1.81. The second-order valence-corrected chi connectivity index (χ2v) is 9.45. The fraction of sp³-hybridized carbons (Fsp3) is 0.250. The highest BCUT2D eigenvalue weighted by molar-refractivity contribution is 6.46. The number of hydrogen-bond donors (Lipinski definition) is 1. The summed E-state index contributed by atoms with van der Waals surface area (Å²) < 4.78 is 5.76. The summed E-state index contributed by atoms with van der Waals surface area (Å²) in [5, 5.41) is 12.0. The number of ketones is 1. The molecule has 6 nitrogen and oxygen atoms in total. The van der Waals surface area contributed by atoms with E-state index in [0.29, 0.717) is 34.1 Å². The number of pyridine rings is 1. The molecule has 1 aliphatic rings. The summed E-state index contributed by atoms with van der Waals surface area (Å²) in [5.41, 5.74) is 2.46. The van der Waals surface area contributed by atoms with Gasteiger partial charge in [0.25, 0.3) is 11.7 Å². The fourth-order valence-electron chi connectivity index (χ4n) is 4.23. The highest BCUT2D eigenvalue weighted by atomic mass is 35.5. The lowest BCUT2D eigenvalue weighted by atomic mass is 9.93. The Bertz CT molecular complexity index is 1320. The van der Waals surface area contributed by atoms with Crippen LogP contribution in [0.1, 0.15) is 48.1 Å². The zero-order valence-electron chi connectivity index (χ0n) is 20.0. The van der Waals surface area contributed by atoms with E-state index in [1.54, 1.807) is 48.8 Å². The molecule has 0 unspecified atom stereocenters. The number of benzene rings is 2. The minimum Gasteiger partial charge on any atom is -0.507 e. The van der Waals surface area contributed by atoms with Crippen LogP contribution in [0.2, 0.25) is 10.0 Å². The zero-order valence-corrected chi connectivity index (χ0v) is 21.5. The number of rotatable bonds is 8. The molecule has 1 amide bonds. The van der Waals surface area contributed by atoms with Gasteiger partial charge in [-0.1, -0.05) is 48.7 Å². The van der Waals surface area contributed by atoms with E-state index in [1.807, 2.05) is 19.1 Å². The molecule has 1 N–H and O–H groups in total. The summed E-state index contributed by atoms with van der Waals surface area (Å²) >= 11 is 12.4. The first-order valence-electron chi connectivity index (χ1n) is 11.7. The van der Waals surface area contributed by atoms with Gasteiger partial charge in [0.15, 0.2) is 0 Å². The molecule has 1 atom stereocenters. The number of hydrogen-bond acceptors (Lipinski definition) is 5. The number of aliphatic hydroxyl groups is 1. The Morgan fingerprint density at radius 2 is 1.92 bits per heavy atom. The number of ether oxygens (including phenoxy) is 1. The molecular weight excluding hydrogens is 499 g/mol. The van der Waals surface area contributed by atoms with Crippen molar-refractivity contribution in [2.24, 2.45) is 0 Å². The summed E-state index contributed by atoms with van der Waals surface area (Å²) in [4.78, 5) is 32.0. The number of unbranched alkanes of at least 4 members (excludes halogenated alkanes) is 1. The van der Waals surface area contributed by atoms with Crippen molar-refractivity contribution in [3.8, 4) is 5.75 Å². The minimum absolute atomic E-state index is 0.00923. The lowest BCUT2D eigenvalue weighted by Gasteiger charge is -2.25. The zero-order chi connectivity index (χ0) is 25.8. The largest absolute Gasteiger partial charge is 0.507 e. The van der Waals surface area contributed by atoms with Crippen LogP contribution in [0.15, 0.2) is 66.5 Å². The van der Waals surface area contributed by atoms with E-state index in [-0.39, 0.29) is 22.9 Å². The molecule has 3 aromatic rings. The van der Waals surface area contributed by atoms with Crippen molar-refractivity contribution in [3.63, 3.8) is 0 Å². The number of nitrogens with zero attached hydrogens (tertiary/aromatic N) is 2. The number of aliphatic hydroxyl groups excluding tert-OH is 1. The summed E-state index contributed by atoms with van der Waals surface area (Å²) in [6, 6.07) is 12.9. The lowest BCUT2D eigenvalue weighted by Crippen LogP contribution is -2.29. The van der Waals surface area contributed by atoms with E-state index in [9.17, 15) is 14.7 Å². The number of carbonyl (C=O) groups is 2. The van der Waals surface area contributed by atoms with Gasteiger partial charge < -0.3 is 14.7 Å². The third-order valence-electron chi connectivity index (χ3n) is 6.09. The smallest absolute Gasteiger partial charge is 0.295 e. The molecule has 1 aliphatic heterocycles. The number of likely N-dealkylation sites (tertiary alicyclic amines) is 1. The van der Waals surface area contributed by atoms with E-state index in [1.165, 1.54) is 4.90 Å². The molecule has 0 radical (unpaired) electrons. The molecule has 0 saturated carbocycles. The van der Waals surface area contributed by atoms with Crippen molar-refractivity contribution in [1.29, 1.82) is 0 Å². The SMILES string of the molecule is CCCCOc1ccc(/C(O)=C2\C(=O)C(=O)N(Cc3cccnc3)[C@H]2c2ccc(Cl)c(Cl)c2)c(C)c1. The van der Waals surface area contributed by atoms with Crippen LogP contribution >= 0.6 is 23.2 Å². The maximum Gasteiger partial charge on any atom is 0.295 e. The van der Waals surface area contributed by atoms with Crippen LogP contribution in [-0.2, 0) is 16.1 Å². The van der Waals surface area contributed by atoms with E-state index in [4.69, 9.17) is 27.9 Å². The standard InChI is InChI=1S/C28H26Cl2N2O4/c1-3-4-12-36-20-8-9-21(17(2)13-20)26(33)24-25(19-7-10-22(29)23(30)14-19)32(28(35)27(24)34)16-18-6-5-11-31-15-18/h5-11,13-15,25,33H,3-4,12,16H2,1-2H3/b26-24+/t25-/m0/s1.